The van der Waals surface area contributed by atoms with Crippen molar-refractivity contribution in [3.63, 3.8) is 0 Å². The first-order valence-electron chi connectivity index (χ1n) is 8.86. The van der Waals surface area contributed by atoms with Crippen LogP contribution in [0.5, 0.6) is 5.75 Å². The number of halogens is 1. The van der Waals surface area contributed by atoms with E-state index in [4.69, 9.17) is 16.3 Å². The first-order valence-corrected chi connectivity index (χ1v) is 9.24. The second-order valence-corrected chi connectivity index (χ2v) is 7.82. The highest BCUT2D eigenvalue weighted by Gasteiger charge is 2.44. The fourth-order valence-electron chi connectivity index (χ4n) is 3.30. The van der Waals surface area contributed by atoms with Crippen molar-refractivity contribution in [1.29, 1.82) is 0 Å². The summed E-state index contributed by atoms with van der Waals surface area (Å²) in [5.74, 6) is -0.259. The molecule has 2 aromatic carbocycles. The number of Topliss-reactive ketones (excluding diaryl/α,β-unsaturated/α-hetero) is 1. The molecule has 148 valence electrons. The van der Waals surface area contributed by atoms with Crippen LogP contribution in [0.4, 0.5) is 0 Å². The summed E-state index contributed by atoms with van der Waals surface area (Å²) in [7, 11) is 0. The van der Waals surface area contributed by atoms with E-state index in [0.717, 1.165) is 0 Å². The molecule has 2 aromatic rings. The maximum Gasteiger partial charge on any atom is 0.251 e. The smallest absolute Gasteiger partial charge is 0.251 e. The van der Waals surface area contributed by atoms with Gasteiger partial charge in [0, 0.05) is 27.3 Å². The average Bonchev–Trinajstić information content (AvgIpc) is 2.64. The summed E-state index contributed by atoms with van der Waals surface area (Å²) in [5.41, 5.74) is 0.542. The molecule has 2 atom stereocenters. The molecule has 3 N–H and O–H groups in total. The lowest BCUT2D eigenvalue weighted by atomic mass is 9.84. The monoisotopic (exact) mass is 403 g/mol. The molecule has 0 aromatic heterocycles. The molecule has 7 heteroatoms. The first kappa shape index (κ1) is 20.3. The predicted octanol–water partition coefficient (Wildman–Crippen LogP) is 3.04. The Hall–Kier alpha value is -2.41. The molecule has 0 radical (unpaired) electrons. The molecular formula is C21H22ClNO5. The van der Waals surface area contributed by atoms with Crippen molar-refractivity contribution in [3.05, 3.63) is 63.7 Å². The third-order valence-electron chi connectivity index (χ3n) is 4.87. The number of amides is 1. The zero-order chi connectivity index (χ0) is 20.6. The van der Waals surface area contributed by atoms with Crippen molar-refractivity contribution >= 4 is 23.3 Å². The number of hydrogen-bond donors (Lipinski definition) is 3. The zero-order valence-corrected chi connectivity index (χ0v) is 16.6. The number of carbonyl (C=O) groups is 2. The highest BCUT2D eigenvalue weighted by Crippen LogP contribution is 2.42. The minimum atomic E-state index is -1.09. The summed E-state index contributed by atoms with van der Waals surface area (Å²) in [6.07, 6.45) is -1.09. The maximum absolute atomic E-state index is 12.8. The second-order valence-electron chi connectivity index (χ2n) is 7.38. The Bertz CT molecular complexity index is 940. The topological polar surface area (TPSA) is 95.9 Å². The van der Waals surface area contributed by atoms with E-state index in [1.165, 1.54) is 13.0 Å². The number of aliphatic hydroxyl groups excluding tert-OH is 2. The maximum atomic E-state index is 12.8. The van der Waals surface area contributed by atoms with Gasteiger partial charge in [0.25, 0.3) is 5.91 Å². The molecule has 3 rings (SSSR count). The summed E-state index contributed by atoms with van der Waals surface area (Å²) < 4.78 is 5.93. The van der Waals surface area contributed by atoms with E-state index < -0.39 is 23.7 Å². The van der Waals surface area contributed by atoms with E-state index in [0.29, 0.717) is 33.0 Å². The molecule has 0 fully saturated rings. The van der Waals surface area contributed by atoms with Gasteiger partial charge in [0.15, 0.2) is 5.78 Å². The molecule has 0 spiro atoms. The van der Waals surface area contributed by atoms with E-state index in [9.17, 15) is 19.8 Å². The zero-order valence-electron chi connectivity index (χ0n) is 15.8. The summed E-state index contributed by atoms with van der Waals surface area (Å²) in [6, 6.07) is 8.77. The minimum absolute atomic E-state index is 0.197. The molecule has 1 aliphatic rings. The number of aliphatic hydroxyl groups is 2. The highest BCUT2D eigenvalue weighted by atomic mass is 35.5. The fraction of sp³-hybridized carbons (Fsp3) is 0.333. The van der Waals surface area contributed by atoms with Gasteiger partial charge < -0.3 is 20.3 Å². The van der Waals surface area contributed by atoms with Crippen LogP contribution in [0.25, 0.3) is 0 Å². The third-order valence-corrected chi connectivity index (χ3v) is 5.11. The van der Waals surface area contributed by atoms with Gasteiger partial charge in [-0.3, -0.25) is 9.59 Å². The number of ketones is 1. The van der Waals surface area contributed by atoms with Gasteiger partial charge >= 0.3 is 0 Å². The number of hydrogen-bond acceptors (Lipinski definition) is 5. The number of rotatable bonds is 4. The standard InChI is InChI=1S/C21H22ClNO5/c1-11(25)13-7-14(10-24)18-16(9-13)17(19(26)21(2,3)28-18)23-20(27)12-5-4-6-15(22)8-12/h4-9,17,19,24,26H,10H2,1-3H3,(H,23,27)/t17-,19-/m0/s1. The van der Waals surface area contributed by atoms with Gasteiger partial charge in [-0.25, -0.2) is 0 Å². The van der Waals surface area contributed by atoms with Crippen molar-refractivity contribution in [2.24, 2.45) is 0 Å². The van der Waals surface area contributed by atoms with Crippen LogP contribution in [-0.4, -0.2) is 33.6 Å². The molecule has 1 aliphatic heterocycles. The quantitative estimate of drug-likeness (QED) is 0.682. The van der Waals surface area contributed by atoms with E-state index in [2.05, 4.69) is 5.32 Å². The number of ether oxygens (including phenoxy) is 1. The van der Waals surface area contributed by atoms with Crippen LogP contribution in [-0.2, 0) is 6.61 Å². The average molecular weight is 404 g/mol. The number of nitrogens with one attached hydrogen (secondary N) is 1. The lowest BCUT2D eigenvalue weighted by Crippen LogP contribution is -2.53. The summed E-state index contributed by atoms with van der Waals surface area (Å²) in [5, 5.41) is 23.9. The summed E-state index contributed by atoms with van der Waals surface area (Å²) >= 11 is 5.97. The molecule has 0 saturated carbocycles. The second kappa shape index (κ2) is 7.54. The largest absolute Gasteiger partial charge is 0.484 e. The van der Waals surface area contributed by atoms with Gasteiger partial charge in [-0.15, -0.1) is 0 Å². The van der Waals surface area contributed by atoms with Gasteiger partial charge in [0.2, 0.25) is 0 Å². The van der Waals surface area contributed by atoms with Crippen molar-refractivity contribution < 1.29 is 24.5 Å². The van der Waals surface area contributed by atoms with Crippen molar-refractivity contribution in [3.8, 4) is 5.75 Å². The summed E-state index contributed by atoms with van der Waals surface area (Å²) in [6.45, 7) is 4.45. The Kier molecular flexibility index (Phi) is 5.48. The van der Waals surface area contributed by atoms with Gasteiger partial charge in [-0.05, 0) is 51.1 Å². The van der Waals surface area contributed by atoms with E-state index in [1.807, 2.05) is 0 Å². The van der Waals surface area contributed by atoms with Crippen LogP contribution >= 0.6 is 11.6 Å². The van der Waals surface area contributed by atoms with Gasteiger partial charge in [-0.2, -0.15) is 0 Å². The normalized spacial score (nSPS) is 20.1. The van der Waals surface area contributed by atoms with Crippen LogP contribution in [0.1, 0.15) is 58.7 Å². The Morgan fingerprint density at radius 2 is 1.93 bits per heavy atom. The molecule has 28 heavy (non-hydrogen) atoms. The van der Waals surface area contributed by atoms with Crippen LogP contribution in [0.3, 0.4) is 0 Å². The van der Waals surface area contributed by atoms with Gasteiger partial charge in [0.1, 0.15) is 17.5 Å². The van der Waals surface area contributed by atoms with E-state index in [1.54, 1.807) is 44.2 Å². The van der Waals surface area contributed by atoms with Crippen LogP contribution in [0.15, 0.2) is 36.4 Å². The SMILES string of the molecule is CC(=O)c1cc(CO)c2c(c1)[C@H](NC(=O)c1cccc(Cl)c1)[C@H](O)C(C)(C)O2. The fourth-order valence-corrected chi connectivity index (χ4v) is 3.49. The molecule has 0 saturated heterocycles. The Morgan fingerprint density at radius 3 is 2.54 bits per heavy atom. The number of fused-ring (bicyclic) bond motifs is 1. The number of benzene rings is 2. The third kappa shape index (κ3) is 3.76. The van der Waals surface area contributed by atoms with Crippen molar-refractivity contribution in [2.75, 3.05) is 0 Å². The molecule has 6 nitrogen and oxygen atoms in total. The first-order chi connectivity index (χ1) is 13.1. The molecule has 0 bridgehead atoms. The van der Waals surface area contributed by atoms with Crippen LogP contribution in [0, 0.1) is 0 Å². The minimum Gasteiger partial charge on any atom is -0.484 e. The molecule has 1 heterocycles. The Labute approximate surface area is 168 Å². The molecule has 0 aliphatic carbocycles. The van der Waals surface area contributed by atoms with Crippen molar-refractivity contribution in [2.45, 2.75) is 45.1 Å². The van der Waals surface area contributed by atoms with Crippen molar-refractivity contribution in [1.82, 2.24) is 5.32 Å². The molecule has 0 unspecified atom stereocenters. The lowest BCUT2D eigenvalue weighted by molar-refractivity contribution is -0.0638. The van der Waals surface area contributed by atoms with Gasteiger partial charge in [0.05, 0.1) is 12.6 Å². The van der Waals surface area contributed by atoms with Crippen LogP contribution < -0.4 is 10.1 Å². The number of carbonyl (C=O) groups excluding carboxylic acids is 2. The van der Waals surface area contributed by atoms with E-state index >= 15 is 0 Å². The van der Waals surface area contributed by atoms with Crippen LogP contribution in [0.2, 0.25) is 5.02 Å². The predicted molar refractivity (Wildman–Crippen MR) is 105 cm³/mol. The lowest BCUT2D eigenvalue weighted by Gasteiger charge is -2.43. The molecular weight excluding hydrogens is 382 g/mol. The molecule has 1 amide bonds. The highest BCUT2D eigenvalue weighted by molar-refractivity contribution is 6.30. The Morgan fingerprint density at radius 1 is 1.21 bits per heavy atom. The van der Waals surface area contributed by atoms with Gasteiger partial charge in [-0.1, -0.05) is 17.7 Å². The Balaban J connectivity index is 2.08. The summed E-state index contributed by atoms with van der Waals surface area (Å²) in [4.78, 5) is 24.7. The van der Waals surface area contributed by atoms with E-state index in [-0.39, 0.29) is 12.4 Å².